The second-order valence-electron chi connectivity index (χ2n) is 4.22. The number of nitrogens with one attached hydrogen (secondary N) is 1. The smallest absolute Gasteiger partial charge is 0.251 e. The number of halogens is 2. The Labute approximate surface area is 109 Å². The van der Waals surface area contributed by atoms with Crippen molar-refractivity contribution < 1.29 is 13.6 Å². The average Bonchev–Trinajstić information content (AvgIpc) is 2.68. The molecule has 2 rings (SSSR count). The zero-order chi connectivity index (χ0) is 14.0. The second kappa shape index (κ2) is 5.17. The van der Waals surface area contributed by atoms with Crippen molar-refractivity contribution in [3.8, 4) is 0 Å². The largest absolute Gasteiger partial charge is 0.348 e. The van der Waals surface area contributed by atoms with Crippen molar-refractivity contribution in [1.29, 1.82) is 0 Å². The van der Waals surface area contributed by atoms with Gasteiger partial charge in [-0.3, -0.25) is 9.48 Å². The molecule has 0 aliphatic rings. The Morgan fingerprint density at radius 3 is 2.68 bits per heavy atom. The summed E-state index contributed by atoms with van der Waals surface area (Å²) in [7, 11) is 1.79. The van der Waals surface area contributed by atoms with E-state index in [2.05, 4.69) is 10.4 Å². The van der Waals surface area contributed by atoms with E-state index in [-0.39, 0.29) is 12.1 Å². The van der Waals surface area contributed by atoms with Crippen LogP contribution in [0.4, 0.5) is 8.78 Å². The number of hydrogen-bond donors (Lipinski definition) is 1. The predicted octanol–water partition coefficient (Wildman–Crippen LogP) is 1.94. The molecular weight excluding hydrogens is 252 g/mol. The Bertz CT molecular complexity index is 622. The summed E-state index contributed by atoms with van der Waals surface area (Å²) < 4.78 is 27.4. The van der Waals surface area contributed by atoms with Gasteiger partial charge in [0, 0.05) is 30.9 Å². The fourth-order valence-electron chi connectivity index (χ4n) is 1.74. The molecule has 100 valence electrons. The Kier molecular flexibility index (Phi) is 3.59. The van der Waals surface area contributed by atoms with Crippen LogP contribution in [0.2, 0.25) is 0 Å². The van der Waals surface area contributed by atoms with E-state index >= 15 is 0 Å². The summed E-state index contributed by atoms with van der Waals surface area (Å²) in [4.78, 5) is 11.8. The fourth-order valence-corrected chi connectivity index (χ4v) is 1.74. The van der Waals surface area contributed by atoms with E-state index in [1.807, 2.05) is 6.92 Å². The normalized spacial score (nSPS) is 10.5. The van der Waals surface area contributed by atoms with Crippen LogP contribution in [0.15, 0.2) is 24.4 Å². The maximum atomic E-state index is 13.0. The van der Waals surface area contributed by atoms with Crippen LogP contribution in [0.5, 0.6) is 0 Å². The van der Waals surface area contributed by atoms with Gasteiger partial charge in [0.2, 0.25) is 0 Å². The van der Waals surface area contributed by atoms with Gasteiger partial charge in [-0.05, 0) is 25.1 Å². The van der Waals surface area contributed by atoms with Crippen LogP contribution in [0.25, 0.3) is 0 Å². The van der Waals surface area contributed by atoms with Crippen LogP contribution in [0, 0.1) is 18.6 Å². The lowest BCUT2D eigenvalue weighted by Crippen LogP contribution is -2.23. The number of carbonyl (C=O) groups excluding carboxylic acids is 1. The van der Waals surface area contributed by atoms with E-state index in [9.17, 15) is 13.6 Å². The minimum atomic E-state index is -1.04. The van der Waals surface area contributed by atoms with Gasteiger partial charge in [0.1, 0.15) is 0 Å². The van der Waals surface area contributed by atoms with Crippen molar-refractivity contribution in [2.45, 2.75) is 13.5 Å². The van der Waals surface area contributed by atoms with Crippen LogP contribution in [-0.4, -0.2) is 15.7 Å². The first-order valence-electron chi connectivity index (χ1n) is 5.69. The maximum Gasteiger partial charge on any atom is 0.251 e. The van der Waals surface area contributed by atoms with Crippen molar-refractivity contribution in [3.05, 3.63) is 52.9 Å². The molecule has 4 nitrogen and oxygen atoms in total. The van der Waals surface area contributed by atoms with Crippen molar-refractivity contribution in [1.82, 2.24) is 15.1 Å². The molecule has 1 aromatic carbocycles. The SMILES string of the molecule is Cc1nn(C)cc1CNC(=O)c1ccc(F)c(F)c1. The molecule has 0 unspecified atom stereocenters. The molecule has 1 aromatic heterocycles. The molecule has 2 aromatic rings. The standard InChI is InChI=1S/C13H13F2N3O/c1-8-10(7-18(2)17-8)6-16-13(19)9-3-4-11(14)12(15)5-9/h3-5,7H,6H2,1-2H3,(H,16,19). The van der Waals surface area contributed by atoms with Crippen LogP contribution >= 0.6 is 0 Å². The van der Waals surface area contributed by atoms with E-state index in [4.69, 9.17) is 0 Å². The number of carbonyl (C=O) groups is 1. The minimum Gasteiger partial charge on any atom is -0.348 e. The molecule has 0 bridgehead atoms. The lowest BCUT2D eigenvalue weighted by atomic mass is 10.2. The summed E-state index contributed by atoms with van der Waals surface area (Å²) in [6.07, 6.45) is 1.79. The lowest BCUT2D eigenvalue weighted by molar-refractivity contribution is 0.0950. The van der Waals surface area contributed by atoms with Gasteiger partial charge in [-0.2, -0.15) is 5.10 Å². The highest BCUT2D eigenvalue weighted by Crippen LogP contribution is 2.09. The molecule has 1 N–H and O–H groups in total. The topological polar surface area (TPSA) is 46.9 Å². The molecule has 0 fully saturated rings. The third kappa shape index (κ3) is 2.96. The molecule has 0 saturated heterocycles. The summed E-state index contributed by atoms with van der Waals surface area (Å²) in [6, 6.07) is 3.05. The van der Waals surface area contributed by atoms with Gasteiger partial charge in [-0.25, -0.2) is 8.78 Å². The van der Waals surface area contributed by atoms with Gasteiger partial charge >= 0.3 is 0 Å². The number of hydrogen-bond acceptors (Lipinski definition) is 2. The summed E-state index contributed by atoms with van der Waals surface area (Å²) in [6.45, 7) is 2.12. The van der Waals surface area contributed by atoms with Gasteiger partial charge in [-0.1, -0.05) is 0 Å². The number of rotatable bonds is 3. The van der Waals surface area contributed by atoms with Gasteiger partial charge in [0.15, 0.2) is 11.6 Å². The van der Waals surface area contributed by atoms with Crippen LogP contribution in [0.1, 0.15) is 21.6 Å². The molecule has 0 atom stereocenters. The molecule has 0 radical (unpaired) electrons. The Balaban J connectivity index is 2.05. The molecule has 6 heteroatoms. The van der Waals surface area contributed by atoms with Crippen molar-refractivity contribution >= 4 is 5.91 Å². The van der Waals surface area contributed by atoms with Crippen molar-refractivity contribution in [2.24, 2.45) is 7.05 Å². The summed E-state index contributed by atoms with van der Waals surface area (Å²) in [5.41, 5.74) is 1.77. The molecule has 1 amide bonds. The van der Waals surface area contributed by atoms with Crippen molar-refractivity contribution in [3.63, 3.8) is 0 Å². The quantitative estimate of drug-likeness (QED) is 0.921. The molecule has 19 heavy (non-hydrogen) atoms. The maximum absolute atomic E-state index is 13.0. The molecular formula is C13H13F2N3O. The van der Waals surface area contributed by atoms with E-state index in [0.717, 1.165) is 23.4 Å². The fraction of sp³-hybridized carbons (Fsp3) is 0.231. The Morgan fingerprint density at radius 1 is 1.37 bits per heavy atom. The van der Waals surface area contributed by atoms with Crippen LogP contribution < -0.4 is 5.32 Å². The van der Waals surface area contributed by atoms with Crippen LogP contribution in [-0.2, 0) is 13.6 Å². The highest BCUT2D eigenvalue weighted by Gasteiger charge is 2.10. The van der Waals surface area contributed by atoms with Gasteiger partial charge in [-0.15, -0.1) is 0 Å². The molecule has 1 heterocycles. The van der Waals surface area contributed by atoms with Crippen LogP contribution in [0.3, 0.4) is 0 Å². The van der Waals surface area contributed by atoms with Crippen molar-refractivity contribution in [2.75, 3.05) is 0 Å². The predicted molar refractivity (Wildman–Crippen MR) is 65.5 cm³/mol. The van der Waals surface area contributed by atoms with E-state index < -0.39 is 17.5 Å². The number of nitrogens with zero attached hydrogens (tertiary/aromatic N) is 2. The zero-order valence-electron chi connectivity index (χ0n) is 10.6. The van der Waals surface area contributed by atoms with E-state index in [1.165, 1.54) is 6.07 Å². The Morgan fingerprint density at radius 2 is 2.11 bits per heavy atom. The number of benzene rings is 1. The summed E-state index contributed by atoms with van der Waals surface area (Å²) in [5, 5.41) is 6.78. The number of aryl methyl sites for hydroxylation is 2. The first kappa shape index (κ1) is 13.2. The summed E-state index contributed by atoms with van der Waals surface area (Å²) >= 11 is 0. The van der Waals surface area contributed by atoms with Gasteiger partial charge in [0.25, 0.3) is 5.91 Å². The molecule has 0 saturated carbocycles. The highest BCUT2D eigenvalue weighted by molar-refractivity contribution is 5.94. The van der Waals surface area contributed by atoms with Gasteiger partial charge < -0.3 is 5.32 Å². The third-order valence-corrected chi connectivity index (χ3v) is 2.74. The first-order valence-corrected chi connectivity index (χ1v) is 5.69. The molecule has 0 aliphatic heterocycles. The Hall–Kier alpha value is -2.24. The zero-order valence-corrected chi connectivity index (χ0v) is 10.6. The molecule has 0 aliphatic carbocycles. The number of aromatic nitrogens is 2. The minimum absolute atomic E-state index is 0.0837. The van der Waals surface area contributed by atoms with Gasteiger partial charge in [0.05, 0.1) is 5.69 Å². The monoisotopic (exact) mass is 265 g/mol. The third-order valence-electron chi connectivity index (χ3n) is 2.74. The first-order chi connectivity index (χ1) is 8.97. The summed E-state index contributed by atoms with van der Waals surface area (Å²) in [5.74, 6) is -2.47. The number of amides is 1. The molecule has 0 spiro atoms. The highest BCUT2D eigenvalue weighted by atomic mass is 19.2. The average molecular weight is 265 g/mol. The lowest BCUT2D eigenvalue weighted by Gasteiger charge is -2.04. The van der Waals surface area contributed by atoms with E-state index in [0.29, 0.717) is 0 Å². The van der Waals surface area contributed by atoms with E-state index in [1.54, 1.807) is 17.9 Å². The second-order valence-corrected chi connectivity index (χ2v) is 4.22.